The fourth-order valence-corrected chi connectivity index (χ4v) is 2.88. The molecule has 1 saturated heterocycles. The second-order valence-electron chi connectivity index (χ2n) is 7.05. The quantitative estimate of drug-likeness (QED) is 0.383. The summed E-state index contributed by atoms with van der Waals surface area (Å²) in [5, 5.41) is 7.61. The van der Waals surface area contributed by atoms with Gasteiger partial charge in [0.2, 0.25) is 5.91 Å². The monoisotopic (exact) mass is 418 g/mol. The summed E-state index contributed by atoms with van der Waals surface area (Å²) in [5.74, 6) is -2.54. The van der Waals surface area contributed by atoms with Gasteiger partial charge in [0.05, 0.1) is 0 Å². The van der Waals surface area contributed by atoms with Crippen molar-refractivity contribution in [3.05, 3.63) is 35.9 Å². The number of benzene rings is 1. The molecule has 162 valence electrons. The molecule has 2 rings (SSSR count). The first-order chi connectivity index (χ1) is 14.2. The minimum Gasteiger partial charge on any atom is -0.454 e. The van der Waals surface area contributed by atoms with Crippen molar-refractivity contribution >= 4 is 29.7 Å². The van der Waals surface area contributed by atoms with Gasteiger partial charge in [0.1, 0.15) is 18.1 Å². The molecule has 0 aliphatic carbocycles. The molecule has 1 aromatic rings. The molecule has 1 aliphatic heterocycles. The SMILES string of the molecule is CCCNC(=O)[C@H](C)NC(=O)COC(=O)CN1C(=O)N[C@@](C)(c2ccccc2)C1=O. The fourth-order valence-electron chi connectivity index (χ4n) is 2.88. The maximum absolute atomic E-state index is 12.7. The molecular formula is C20H26N4O6. The third-order valence-corrected chi connectivity index (χ3v) is 4.60. The number of ether oxygens (including phenoxy) is 1. The Morgan fingerprint density at radius 3 is 2.50 bits per heavy atom. The summed E-state index contributed by atoms with van der Waals surface area (Å²) < 4.78 is 4.84. The number of hydrogen-bond donors (Lipinski definition) is 3. The molecule has 1 aliphatic rings. The van der Waals surface area contributed by atoms with Crippen molar-refractivity contribution in [2.75, 3.05) is 19.7 Å². The molecule has 10 nitrogen and oxygen atoms in total. The van der Waals surface area contributed by atoms with E-state index in [2.05, 4.69) is 16.0 Å². The lowest BCUT2D eigenvalue weighted by Gasteiger charge is -2.21. The number of rotatable bonds is 9. The lowest BCUT2D eigenvalue weighted by atomic mass is 9.92. The van der Waals surface area contributed by atoms with Gasteiger partial charge >= 0.3 is 12.0 Å². The largest absolute Gasteiger partial charge is 0.454 e. The number of nitrogens with zero attached hydrogens (tertiary/aromatic N) is 1. The molecule has 30 heavy (non-hydrogen) atoms. The molecule has 1 aromatic carbocycles. The molecule has 3 N–H and O–H groups in total. The molecule has 0 radical (unpaired) electrons. The highest BCUT2D eigenvalue weighted by atomic mass is 16.5. The van der Waals surface area contributed by atoms with Crippen molar-refractivity contribution in [3.63, 3.8) is 0 Å². The lowest BCUT2D eigenvalue weighted by Crippen LogP contribution is -2.46. The van der Waals surface area contributed by atoms with Gasteiger partial charge in [0.25, 0.3) is 11.8 Å². The predicted molar refractivity (Wildman–Crippen MR) is 106 cm³/mol. The van der Waals surface area contributed by atoms with Gasteiger partial charge in [0, 0.05) is 6.54 Å². The molecular weight excluding hydrogens is 392 g/mol. The summed E-state index contributed by atoms with van der Waals surface area (Å²) in [5.41, 5.74) is -0.717. The predicted octanol–water partition coefficient (Wildman–Crippen LogP) is 0.0277. The van der Waals surface area contributed by atoms with E-state index < -0.39 is 48.5 Å². The Morgan fingerprint density at radius 2 is 1.87 bits per heavy atom. The van der Waals surface area contributed by atoms with Crippen LogP contribution in [-0.4, -0.2) is 60.4 Å². The summed E-state index contributed by atoms with van der Waals surface area (Å²) in [6.07, 6.45) is 0.760. The molecule has 0 unspecified atom stereocenters. The van der Waals surface area contributed by atoms with Gasteiger partial charge in [-0.15, -0.1) is 0 Å². The number of carbonyl (C=O) groups is 5. The molecule has 5 amide bonds. The molecule has 2 atom stereocenters. The van der Waals surface area contributed by atoms with E-state index in [4.69, 9.17) is 4.74 Å². The van der Waals surface area contributed by atoms with Crippen LogP contribution in [-0.2, 0) is 29.5 Å². The van der Waals surface area contributed by atoms with Gasteiger partial charge in [-0.3, -0.25) is 24.1 Å². The van der Waals surface area contributed by atoms with Crippen molar-refractivity contribution in [1.82, 2.24) is 20.9 Å². The Labute approximate surface area is 174 Å². The molecule has 0 spiro atoms. The maximum atomic E-state index is 12.7. The summed E-state index contributed by atoms with van der Waals surface area (Å²) in [7, 11) is 0. The molecule has 1 heterocycles. The van der Waals surface area contributed by atoms with E-state index in [0.29, 0.717) is 12.1 Å². The highest BCUT2D eigenvalue weighted by Gasteiger charge is 2.49. The number of nitrogens with one attached hydrogen (secondary N) is 3. The van der Waals surface area contributed by atoms with Crippen molar-refractivity contribution in [1.29, 1.82) is 0 Å². The molecule has 1 fully saturated rings. The smallest absolute Gasteiger partial charge is 0.326 e. The molecule has 10 heteroatoms. The van der Waals surface area contributed by atoms with Gasteiger partial charge in [0.15, 0.2) is 6.61 Å². The molecule has 0 aromatic heterocycles. The van der Waals surface area contributed by atoms with Gasteiger partial charge in [-0.2, -0.15) is 0 Å². The normalized spacial score (nSPS) is 19.1. The van der Waals surface area contributed by atoms with Gasteiger partial charge in [-0.05, 0) is 25.8 Å². The summed E-state index contributed by atoms with van der Waals surface area (Å²) in [6, 6.07) is 7.12. The molecule has 0 saturated carbocycles. The minimum atomic E-state index is -1.29. The zero-order valence-electron chi connectivity index (χ0n) is 17.2. The van der Waals surface area contributed by atoms with Crippen LogP contribution in [0.25, 0.3) is 0 Å². The number of esters is 1. The van der Waals surface area contributed by atoms with Crippen molar-refractivity contribution in [2.24, 2.45) is 0 Å². The van der Waals surface area contributed by atoms with Crippen LogP contribution in [0.5, 0.6) is 0 Å². The molecule has 0 bridgehead atoms. The number of amides is 5. The van der Waals surface area contributed by atoms with E-state index in [1.807, 2.05) is 6.92 Å². The van der Waals surface area contributed by atoms with Gasteiger partial charge in [-0.1, -0.05) is 37.3 Å². The van der Waals surface area contributed by atoms with Crippen LogP contribution in [0, 0.1) is 0 Å². The Bertz CT molecular complexity index is 828. The second kappa shape index (κ2) is 9.86. The third-order valence-electron chi connectivity index (χ3n) is 4.60. The average Bonchev–Trinajstić information content (AvgIpc) is 2.95. The first-order valence-corrected chi connectivity index (χ1v) is 9.61. The maximum Gasteiger partial charge on any atom is 0.326 e. The van der Waals surface area contributed by atoms with Crippen LogP contribution < -0.4 is 16.0 Å². The topological polar surface area (TPSA) is 134 Å². The van der Waals surface area contributed by atoms with Crippen molar-refractivity contribution in [2.45, 2.75) is 38.8 Å². The van der Waals surface area contributed by atoms with E-state index in [9.17, 15) is 24.0 Å². The van der Waals surface area contributed by atoms with Crippen LogP contribution in [0.15, 0.2) is 30.3 Å². The first kappa shape index (κ1) is 22.9. The number of hydrogen-bond acceptors (Lipinski definition) is 6. The van der Waals surface area contributed by atoms with Crippen LogP contribution in [0.1, 0.15) is 32.8 Å². The van der Waals surface area contributed by atoms with Gasteiger partial charge < -0.3 is 20.7 Å². The Balaban J connectivity index is 1.86. The highest BCUT2D eigenvalue weighted by Crippen LogP contribution is 2.28. The Hall–Kier alpha value is -3.43. The number of carbonyl (C=O) groups excluding carboxylic acids is 5. The summed E-state index contributed by atoms with van der Waals surface area (Å²) >= 11 is 0. The number of imide groups is 1. The lowest BCUT2D eigenvalue weighted by molar-refractivity contribution is -0.151. The van der Waals surface area contributed by atoms with Crippen molar-refractivity contribution < 1.29 is 28.7 Å². The second-order valence-corrected chi connectivity index (χ2v) is 7.05. The fraction of sp³-hybridized carbons (Fsp3) is 0.450. The van der Waals surface area contributed by atoms with Crippen LogP contribution >= 0.6 is 0 Å². The zero-order chi connectivity index (χ0) is 22.3. The highest BCUT2D eigenvalue weighted by molar-refractivity contribution is 6.08. The minimum absolute atomic E-state index is 0.351. The van der Waals surface area contributed by atoms with E-state index >= 15 is 0 Å². The average molecular weight is 418 g/mol. The van der Waals surface area contributed by atoms with E-state index in [-0.39, 0.29) is 5.91 Å². The summed E-state index contributed by atoms with van der Waals surface area (Å²) in [4.78, 5) is 61.3. The van der Waals surface area contributed by atoms with Crippen molar-refractivity contribution in [3.8, 4) is 0 Å². The Kier molecular flexibility index (Phi) is 7.51. The van der Waals surface area contributed by atoms with Gasteiger partial charge in [-0.25, -0.2) is 4.79 Å². The summed E-state index contributed by atoms with van der Waals surface area (Å²) in [6.45, 7) is 4.17. The van der Waals surface area contributed by atoms with E-state index in [0.717, 1.165) is 11.3 Å². The van der Waals surface area contributed by atoms with Crippen LogP contribution in [0.2, 0.25) is 0 Å². The Morgan fingerprint density at radius 1 is 1.20 bits per heavy atom. The van der Waals surface area contributed by atoms with E-state index in [1.165, 1.54) is 6.92 Å². The zero-order valence-corrected chi connectivity index (χ0v) is 17.2. The van der Waals surface area contributed by atoms with Crippen LogP contribution in [0.4, 0.5) is 4.79 Å². The standard InChI is InChI=1S/C20H26N4O6/c1-4-10-21-17(27)13(2)22-15(25)12-30-16(26)11-24-18(28)20(3,23-19(24)29)14-8-6-5-7-9-14/h5-9,13H,4,10-12H2,1-3H3,(H,21,27)(H,22,25)(H,23,29)/t13-,20-/m0/s1. The van der Waals surface area contributed by atoms with E-state index in [1.54, 1.807) is 37.3 Å². The third kappa shape index (κ3) is 5.34. The first-order valence-electron chi connectivity index (χ1n) is 9.61. The number of urea groups is 1. The van der Waals surface area contributed by atoms with Crippen LogP contribution in [0.3, 0.4) is 0 Å².